The van der Waals surface area contributed by atoms with Crippen LogP contribution in [0.4, 0.5) is 4.79 Å². The van der Waals surface area contributed by atoms with Gasteiger partial charge in [-0.3, -0.25) is 4.79 Å². The van der Waals surface area contributed by atoms with E-state index in [-0.39, 0.29) is 25.1 Å². The van der Waals surface area contributed by atoms with Gasteiger partial charge in [0.25, 0.3) is 5.91 Å². The molecule has 0 bridgehead atoms. The molecule has 2 atom stereocenters. The molecule has 1 saturated carbocycles. The van der Waals surface area contributed by atoms with Crippen LogP contribution in [-0.2, 0) is 9.47 Å². The number of hydrogen-bond acceptors (Lipinski definition) is 5. The standard InChI is InChI=1S/C28H38ClN3O4/c1-30-25(16-20-8-4-3-5-9-20)19-32-27(33)23-12-6-10-21(17-23)26(22-11-7-13-24(29)18-22)36-15-14-31-28(34)35-2/h6-7,10-13,17-18,20,25-26,30H,3-5,8-9,14-16,19H2,1-2H3,(H,31,34)(H,32,33). The maximum absolute atomic E-state index is 13.0. The summed E-state index contributed by atoms with van der Waals surface area (Å²) in [4.78, 5) is 24.4. The largest absolute Gasteiger partial charge is 0.453 e. The highest BCUT2D eigenvalue weighted by Crippen LogP contribution is 2.29. The van der Waals surface area contributed by atoms with Crippen LogP contribution in [0.15, 0.2) is 48.5 Å². The van der Waals surface area contributed by atoms with Gasteiger partial charge in [-0.25, -0.2) is 4.79 Å². The summed E-state index contributed by atoms with van der Waals surface area (Å²) in [6.07, 6.45) is 6.66. The minimum absolute atomic E-state index is 0.113. The van der Waals surface area contributed by atoms with E-state index < -0.39 is 12.2 Å². The fraction of sp³-hybridized carbons (Fsp3) is 0.500. The maximum atomic E-state index is 13.0. The molecule has 0 saturated heterocycles. The normalized spacial score (nSPS) is 15.6. The SMILES string of the molecule is CNC(CNC(=O)c1cccc(C(OCCNC(=O)OC)c2cccc(Cl)c2)c1)CC1CCCCC1. The number of nitrogens with one attached hydrogen (secondary N) is 3. The van der Waals surface area contributed by atoms with Crippen LogP contribution >= 0.6 is 11.6 Å². The van der Waals surface area contributed by atoms with Crippen LogP contribution in [0.3, 0.4) is 0 Å². The number of benzene rings is 2. The van der Waals surface area contributed by atoms with Crippen molar-refractivity contribution in [3.63, 3.8) is 0 Å². The summed E-state index contributed by atoms with van der Waals surface area (Å²) in [6, 6.07) is 15.1. The van der Waals surface area contributed by atoms with Gasteiger partial charge in [-0.1, -0.05) is 68.0 Å². The zero-order chi connectivity index (χ0) is 25.8. The molecule has 2 unspecified atom stereocenters. The monoisotopic (exact) mass is 515 g/mol. The molecule has 2 aromatic carbocycles. The molecule has 0 aliphatic heterocycles. The van der Waals surface area contributed by atoms with Crippen LogP contribution in [0.25, 0.3) is 0 Å². The van der Waals surface area contributed by atoms with Gasteiger partial charge in [0.1, 0.15) is 6.10 Å². The van der Waals surface area contributed by atoms with Crippen molar-refractivity contribution >= 4 is 23.6 Å². The van der Waals surface area contributed by atoms with Gasteiger partial charge >= 0.3 is 6.09 Å². The fourth-order valence-corrected chi connectivity index (χ4v) is 4.94. The molecular weight excluding hydrogens is 478 g/mol. The smallest absolute Gasteiger partial charge is 0.406 e. The van der Waals surface area contributed by atoms with Crippen molar-refractivity contribution in [2.75, 3.05) is 33.9 Å². The Morgan fingerprint density at radius 1 is 1.03 bits per heavy atom. The van der Waals surface area contributed by atoms with Crippen molar-refractivity contribution < 1.29 is 19.1 Å². The number of likely N-dealkylation sites (N-methyl/N-ethyl adjacent to an activating group) is 1. The van der Waals surface area contributed by atoms with E-state index in [1.165, 1.54) is 39.2 Å². The van der Waals surface area contributed by atoms with Crippen LogP contribution in [0.1, 0.15) is 66.1 Å². The van der Waals surface area contributed by atoms with Gasteiger partial charge in [-0.15, -0.1) is 0 Å². The van der Waals surface area contributed by atoms with E-state index in [2.05, 4.69) is 20.7 Å². The quantitative estimate of drug-likeness (QED) is 0.343. The molecule has 0 spiro atoms. The third-order valence-electron chi connectivity index (χ3n) is 6.70. The van der Waals surface area contributed by atoms with Gasteiger partial charge in [0.2, 0.25) is 0 Å². The lowest BCUT2D eigenvalue weighted by Crippen LogP contribution is -2.40. The highest BCUT2D eigenvalue weighted by atomic mass is 35.5. The highest BCUT2D eigenvalue weighted by Gasteiger charge is 2.20. The van der Waals surface area contributed by atoms with Crippen LogP contribution in [0, 0.1) is 5.92 Å². The van der Waals surface area contributed by atoms with Gasteiger partial charge in [0, 0.05) is 29.7 Å². The molecular formula is C28H38ClN3O4. The summed E-state index contributed by atoms with van der Waals surface area (Å²) in [6.45, 7) is 1.13. The Bertz CT molecular complexity index is 981. The first-order valence-electron chi connectivity index (χ1n) is 12.7. The van der Waals surface area contributed by atoms with Crippen molar-refractivity contribution in [2.24, 2.45) is 5.92 Å². The second kappa shape index (κ2) is 14.8. The van der Waals surface area contributed by atoms with E-state index in [9.17, 15) is 9.59 Å². The molecule has 0 heterocycles. The lowest BCUT2D eigenvalue weighted by atomic mass is 9.85. The van der Waals surface area contributed by atoms with Crippen LogP contribution in [0.5, 0.6) is 0 Å². The molecule has 3 N–H and O–H groups in total. The number of ether oxygens (including phenoxy) is 2. The molecule has 196 valence electrons. The Hall–Kier alpha value is -2.61. The predicted octanol–water partition coefficient (Wildman–Crippen LogP) is 5.09. The molecule has 1 fully saturated rings. The maximum Gasteiger partial charge on any atom is 0.406 e. The Morgan fingerprint density at radius 2 is 1.75 bits per heavy atom. The number of amides is 2. The molecule has 2 amide bonds. The fourth-order valence-electron chi connectivity index (χ4n) is 4.75. The first-order valence-corrected chi connectivity index (χ1v) is 13.1. The second-order valence-corrected chi connectivity index (χ2v) is 9.72. The molecule has 2 aromatic rings. The number of rotatable bonds is 12. The molecule has 3 rings (SSSR count). The zero-order valence-corrected chi connectivity index (χ0v) is 22.0. The van der Waals surface area contributed by atoms with Gasteiger partial charge < -0.3 is 25.4 Å². The van der Waals surface area contributed by atoms with E-state index in [4.69, 9.17) is 16.3 Å². The molecule has 8 heteroatoms. The Kier molecular flexibility index (Phi) is 11.5. The van der Waals surface area contributed by atoms with Gasteiger partial charge in [-0.2, -0.15) is 0 Å². The molecule has 7 nitrogen and oxygen atoms in total. The first-order chi connectivity index (χ1) is 17.5. The van der Waals surface area contributed by atoms with Gasteiger partial charge in [-0.05, 0) is 54.8 Å². The highest BCUT2D eigenvalue weighted by molar-refractivity contribution is 6.30. The Morgan fingerprint density at radius 3 is 2.44 bits per heavy atom. The average Bonchev–Trinajstić information content (AvgIpc) is 2.91. The number of hydrogen-bond donors (Lipinski definition) is 3. The van der Waals surface area contributed by atoms with Crippen LogP contribution < -0.4 is 16.0 Å². The number of halogens is 1. The number of methoxy groups -OCH3 is 1. The average molecular weight is 516 g/mol. The summed E-state index contributed by atoms with van der Waals surface area (Å²) in [5.41, 5.74) is 2.26. The summed E-state index contributed by atoms with van der Waals surface area (Å²) in [5, 5.41) is 9.68. The summed E-state index contributed by atoms with van der Waals surface area (Å²) in [5.74, 6) is 0.624. The van der Waals surface area contributed by atoms with E-state index >= 15 is 0 Å². The molecule has 1 aliphatic carbocycles. The van der Waals surface area contributed by atoms with Crippen molar-refractivity contribution in [2.45, 2.75) is 50.7 Å². The number of alkyl carbamates (subject to hydrolysis) is 1. The Labute approximate surface area is 219 Å². The van der Waals surface area contributed by atoms with E-state index in [0.717, 1.165) is 23.5 Å². The molecule has 36 heavy (non-hydrogen) atoms. The zero-order valence-electron chi connectivity index (χ0n) is 21.2. The third kappa shape index (κ3) is 8.80. The lowest BCUT2D eigenvalue weighted by Gasteiger charge is -2.26. The molecule has 0 radical (unpaired) electrons. The van der Waals surface area contributed by atoms with Crippen molar-refractivity contribution in [1.29, 1.82) is 0 Å². The molecule has 0 aromatic heterocycles. The lowest BCUT2D eigenvalue weighted by molar-refractivity contribution is 0.0804. The topological polar surface area (TPSA) is 88.7 Å². The minimum Gasteiger partial charge on any atom is -0.453 e. The van der Waals surface area contributed by atoms with Crippen LogP contribution in [-0.4, -0.2) is 51.9 Å². The summed E-state index contributed by atoms with van der Waals surface area (Å²) in [7, 11) is 3.28. The van der Waals surface area contributed by atoms with Crippen LogP contribution in [0.2, 0.25) is 5.02 Å². The van der Waals surface area contributed by atoms with Crippen molar-refractivity contribution in [3.05, 3.63) is 70.2 Å². The van der Waals surface area contributed by atoms with Gasteiger partial charge in [0.15, 0.2) is 0 Å². The van der Waals surface area contributed by atoms with E-state index in [0.29, 0.717) is 17.1 Å². The predicted molar refractivity (Wildman–Crippen MR) is 142 cm³/mol. The Balaban J connectivity index is 1.66. The van der Waals surface area contributed by atoms with Crippen molar-refractivity contribution in [1.82, 2.24) is 16.0 Å². The van der Waals surface area contributed by atoms with Crippen molar-refractivity contribution in [3.8, 4) is 0 Å². The van der Waals surface area contributed by atoms with E-state index in [1.807, 2.05) is 49.5 Å². The molecule has 1 aliphatic rings. The second-order valence-electron chi connectivity index (χ2n) is 9.29. The minimum atomic E-state index is -0.514. The van der Waals surface area contributed by atoms with Gasteiger partial charge in [0.05, 0.1) is 13.7 Å². The van der Waals surface area contributed by atoms with E-state index in [1.54, 1.807) is 6.07 Å². The first kappa shape index (κ1) is 28.0. The number of carbonyl (C=O) groups is 2. The summed E-state index contributed by atoms with van der Waals surface area (Å²) >= 11 is 6.24. The summed E-state index contributed by atoms with van der Waals surface area (Å²) < 4.78 is 10.7. The number of carbonyl (C=O) groups excluding carboxylic acids is 2. The third-order valence-corrected chi connectivity index (χ3v) is 6.94.